The van der Waals surface area contributed by atoms with Gasteiger partial charge in [-0.25, -0.2) is 4.98 Å². The molecule has 0 saturated heterocycles. The summed E-state index contributed by atoms with van der Waals surface area (Å²) in [7, 11) is 0. The number of aromatic nitrogens is 2. The van der Waals surface area contributed by atoms with Crippen LogP contribution >= 0.6 is 0 Å². The van der Waals surface area contributed by atoms with Gasteiger partial charge in [0.2, 0.25) is 0 Å². The monoisotopic (exact) mass is 217 g/mol. The smallest absolute Gasteiger partial charge is 0.109 e. The molecule has 2 rings (SSSR count). The molecule has 16 heavy (non-hydrogen) atoms. The van der Waals surface area contributed by atoms with Crippen molar-refractivity contribution in [3.05, 3.63) is 30.1 Å². The van der Waals surface area contributed by atoms with Crippen LogP contribution in [-0.4, -0.2) is 16.1 Å². The Morgan fingerprint density at radius 2 is 2.12 bits per heavy atom. The Kier molecular flexibility index (Phi) is 3.57. The second-order valence-corrected chi connectivity index (χ2v) is 4.06. The number of fused-ring (bicyclic) bond motifs is 1. The van der Waals surface area contributed by atoms with Crippen LogP contribution in [0.5, 0.6) is 0 Å². The van der Waals surface area contributed by atoms with Crippen molar-refractivity contribution < 1.29 is 0 Å². The SMILES string of the molecule is CCCc1nc2ccccc2n1CCCN. The molecule has 0 spiro atoms. The first-order chi connectivity index (χ1) is 7.86. The molecular weight excluding hydrogens is 198 g/mol. The first-order valence-corrected chi connectivity index (χ1v) is 6.01. The number of hydrogen-bond donors (Lipinski definition) is 1. The van der Waals surface area contributed by atoms with Crippen LogP contribution in [0.2, 0.25) is 0 Å². The second kappa shape index (κ2) is 5.12. The summed E-state index contributed by atoms with van der Waals surface area (Å²) in [6.07, 6.45) is 3.18. The summed E-state index contributed by atoms with van der Waals surface area (Å²) in [6.45, 7) is 3.90. The molecule has 2 aromatic rings. The summed E-state index contributed by atoms with van der Waals surface area (Å²) < 4.78 is 2.31. The van der Waals surface area contributed by atoms with Crippen LogP contribution < -0.4 is 5.73 Å². The van der Waals surface area contributed by atoms with Crippen molar-refractivity contribution in [2.45, 2.75) is 32.7 Å². The van der Waals surface area contributed by atoms with Gasteiger partial charge in [0.15, 0.2) is 0 Å². The van der Waals surface area contributed by atoms with Crippen LogP contribution in [0.3, 0.4) is 0 Å². The van der Waals surface area contributed by atoms with Gasteiger partial charge in [-0.15, -0.1) is 0 Å². The summed E-state index contributed by atoms with van der Waals surface area (Å²) in [5.41, 5.74) is 7.91. The molecule has 1 aromatic carbocycles. The number of nitrogens with two attached hydrogens (primary N) is 1. The Balaban J connectivity index is 2.42. The van der Waals surface area contributed by atoms with Gasteiger partial charge in [-0.1, -0.05) is 19.1 Å². The highest BCUT2D eigenvalue weighted by atomic mass is 15.1. The normalized spacial score (nSPS) is 11.1. The maximum absolute atomic E-state index is 5.58. The molecule has 0 fully saturated rings. The largest absolute Gasteiger partial charge is 0.330 e. The molecule has 1 aromatic heterocycles. The minimum atomic E-state index is 0.734. The summed E-state index contributed by atoms with van der Waals surface area (Å²) in [6, 6.07) is 8.32. The van der Waals surface area contributed by atoms with Gasteiger partial charge in [-0.2, -0.15) is 0 Å². The van der Waals surface area contributed by atoms with Gasteiger partial charge in [0, 0.05) is 13.0 Å². The lowest BCUT2D eigenvalue weighted by molar-refractivity contribution is 0.626. The molecule has 0 amide bonds. The average molecular weight is 217 g/mol. The van der Waals surface area contributed by atoms with E-state index in [2.05, 4.69) is 34.7 Å². The second-order valence-electron chi connectivity index (χ2n) is 4.06. The molecule has 0 aliphatic carbocycles. The summed E-state index contributed by atoms with van der Waals surface area (Å²) in [5, 5.41) is 0. The average Bonchev–Trinajstić information content (AvgIpc) is 2.65. The number of aryl methyl sites for hydroxylation is 2. The third kappa shape index (κ3) is 2.09. The Morgan fingerprint density at radius 3 is 2.88 bits per heavy atom. The van der Waals surface area contributed by atoms with Crippen molar-refractivity contribution in [2.24, 2.45) is 5.73 Å². The Morgan fingerprint density at radius 1 is 1.31 bits per heavy atom. The van der Waals surface area contributed by atoms with E-state index in [1.807, 2.05) is 6.07 Å². The molecule has 1 heterocycles. The van der Waals surface area contributed by atoms with E-state index in [1.165, 1.54) is 11.3 Å². The number of imidazole rings is 1. The Labute approximate surface area is 96.3 Å². The predicted octanol–water partition coefficient (Wildman–Crippen LogP) is 2.34. The zero-order valence-electron chi connectivity index (χ0n) is 9.82. The van der Waals surface area contributed by atoms with Crippen LogP contribution in [0.25, 0.3) is 11.0 Å². The van der Waals surface area contributed by atoms with Crippen molar-refractivity contribution in [3.63, 3.8) is 0 Å². The fourth-order valence-corrected chi connectivity index (χ4v) is 2.04. The lowest BCUT2D eigenvalue weighted by Crippen LogP contribution is -2.08. The van der Waals surface area contributed by atoms with Crippen LogP contribution in [0.15, 0.2) is 24.3 Å². The van der Waals surface area contributed by atoms with E-state index >= 15 is 0 Å². The molecule has 0 bridgehead atoms. The molecule has 0 aliphatic rings. The third-order valence-electron chi connectivity index (χ3n) is 2.79. The van der Waals surface area contributed by atoms with E-state index in [0.717, 1.165) is 37.9 Å². The van der Waals surface area contributed by atoms with Gasteiger partial charge in [0.25, 0.3) is 0 Å². The lowest BCUT2D eigenvalue weighted by atomic mass is 10.3. The van der Waals surface area contributed by atoms with Crippen molar-refractivity contribution in [1.82, 2.24) is 9.55 Å². The van der Waals surface area contributed by atoms with Gasteiger partial charge in [0.05, 0.1) is 11.0 Å². The zero-order valence-corrected chi connectivity index (χ0v) is 9.82. The van der Waals surface area contributed by atoms with Crippen LogP contribution in [0.4, 0.5) is 0 Å². The maximum atomic E-state index is 5.58. The number of hydrogen-bond acceptors (Lipinski definition) is 2. The summed E-state index contributed by atoms with van der Waals surface area (Å²) >= 11 is 0. The fourth-order valence-electron chi connectivity index (χ4n) is 2.04. The first kappa shape index (κ1) is 11.1. The van der Waals surface area contributed by atoms with Crippen molar-refractivity contribution in [1.29, 1.82) is 0 Å². The molecule has 0 aliphatic heterocycles. The van der Waals surface area contributed by atoms with Gasteiger partial charge in [0.1, 0.15) is 5.82 Å². The number of nitrogens with zero attached hydrogens (tertiary/aromatic N) is 2. The lowest BCUT2D eigenvalue weighted by Gasteiger charge is -2.07. The quantitative estimate of drug-likeness (QED) is 0.835. The fraction of sp³-hybridized carbons (Fsp3) is 0.462. The van der Waals surface area contributed by atoms with E-state index in [1.54, 1.807) is 0 Å². The highest BCUT2D eigenvalue weighted by Gasteiger charge is 2.08. The highest BCUT2D eigenvalue weighted by Crippen LogP contribution is 2.17. The Bertz CT molecular complexity index is 459. The Hall–Kier alpha value is -1.35. The standard InChI is InChI=1S/C13H19N3/c1-2-6-13-15-11-7-3-4-8-12(11)16(13)10-5-9-14/h3-4,7-8H,2,5-6,9-10,14H2,1H3. The first-order valence-electron chi connectivity index (χ1n) is 6.01. The third-order valence-corrected chi connectivity index (χ3v) is 2.79. The van der Waals surface area contributed by atoms with Crippen molar-refractivity contribution >= 4 is 11.0 Å². The number of para-hydroxylation sites is 2. The molecule has 3 heteroatoms. The van der Waals surface area contributed by atoms with E-state index in [9.17, 15) is 0 Å². The summed E-state index contributed by atoms with van der Waals surface area (Å²) in [5.74, 6) is 1.19. The maximum Gasteiger partial charge on any atom is 0.109 e. The molecule has 86 valence electrons. The van der Waals surface area contributed by atoms with Gasteiger partial charge in [-0.3, -0.25) is 0 Å². The molecule has 0 saturated carbocycles. The van der Waals surface area contributed by atoms with Crippen molar-refractivity contribution in [2.75, 3.05) is 6.54 Å². The molecule has 0 atom stereocenters. The van der Waals surface area contributed by atoms with E-state index in [4.69, 9.17) is 5.73 Å². The highest BCUT2D eigenvalue weighted by molar-refractivity contribution is 5.75. The van der Waals surface area contributed by atoms with Gasteiger partial charge < -0.3 is 10.3 Å². The molecule has 0 radical (unpaired) electrons. The molecular formula is C13H19N3. The number of benzene rings is 1. The van der Waals surface area contributed by atoms with Crippen LogP contribution in [0, 0.1) is 0 Å². The number of rotatable bonds is 5. The van der Waals surface area contributed by atoms with Gasteiger partial charge >= 0.3 is 0 Å². The van der Waals surface area contributed by atoms with Crippen LogP contribution in [-0.2, 0) is 13.0 Å². The zero-order chi connectivity index (χ0) is 11.4. The van der Waals surface area contributed by atoms with E-state index in [-0.39, 0.29) is 0 Å². The molecule has 2 N–H and O–H groups in total. The topological polar surface area (TPSA) is 43.8 Å². The van der Waals surface area contributed by atoms with E-state index < -0.39 is 0 Å². The van der Waals surface area contributed by atoms with Crippen molar-refractivity contribution in [3.8, 4) is 0 Å². The summed E-state index contributed by atoms with van der Waals surface area (Å²) in [4.78, 5) is 4.68. The van der Waals surface area contributed by atoms with Gasteiger partial charge in [-0.05, 0) is 31.5 Å². The molecule has 3 nitrogen and oxygen atoms in total. The minimum Gasteiger partial charge on any atom is -0.330 e. The minimum absolute atomic E-state index is 0.734. The van der Waals surface area contributed by atoms with Crippen LogP contribution in [0.1, 0.15) is 25.6 Å². The van der Waals surface area contributed by atoms with E-state index in [0.29, 0.717) is 0 Å². The predicted molar refractivity (Wildman–Crippen MR) is 67.4 cm³/mol. The molecule has 0 unspecified atom stereocenters.